The van der Waals surface area contributed by atoms with Crippen molar-refractivity contribution in [3.05, 3.63) is 28.2 Å². The molecule has 2 atom stereocenters. The van der Waals surface area contributed by atoms with E-state index in [1.54, 1.807) is 23.9 Å². The maximum absolute atomic E-state index is 12.3. The number of anilines is 1. The van der Waals surface area contributed by atoms with Gasteiger partial charge in [-0.15, -0.1) is 11.8 Å². The summed E-state index contributed by atoms with van der Waals surface area (Å²) in [7, 11) is 1.38. The van der Waals surface area contributed by atoms with Crippen LogP contribution in [0.15, 0.2) is 22.7 Å². The first-order chi connectivity index (χ1) is 11.0. The van der Waals surface area contributed by atoms with Gasteiger partial charge in [0.2, 0.25) is 0 Å². The summed E-state index contributed by atoms with van der Waals surface area (Å²) in [6.45, 7) is 1.78. The highest BCUT2D eigenvalue weighted by Gasteiger charge is 2.40. The number of Topliss-reactive ketones (excluding diaryl/α,β-unsaturated/α-hetero) is 1. The number of carbonyl (C=O) groups is 3. The number of quaternary nitrogens is 1. The number of nitrogens with one attached hydrogen (secondary N) is 1. The number of ether oxygens (including phenoxy) is 1. The van der Waals surface area contributed by atoms with Crippen LogP contribution in [0.25, 0.3) is 0 Å². The van der Waals surface area contributed by atoms with E-state index in [1.807, 2.05) is 6.07 Å². The first-order valence-electron chi connectivity index (χ1n) is 7.20. The van der Waals surface area contributed by atoms with Crippen molar-refractivity contribution < 1.29 is 24.0 Å². The van der Waals surface area contributed by atoms with Crippen molar-refractivity contribution in [2.45, 2.75) is 5.25 Å². The van der Waals surface area contributed by atoms with Crippen molar-refractivity contribution in [3.8, 4) is 0 Å². The number of para-hydroxylation sites is 1. The molecule has 8 heteroatoms. The second-order valence-corrected chi connectivity index (χ2v) is 7.61. The number of esters is 1. The summed E-state index contributed by atoms with van der Waals surface area (Å²) in [5.41, 5.74) is 1.06. The number of hydrogen-bond donors (Lipinski definition) is 1. The van der Waals surface area contributed by atoms with Crippen LogP contribution < -0.4 is 9.80 Å². The van der Waals surface area contributed by atoms with Crippen LogP contribution in [-0.2, 0) is 14.3 Å². The lowest BCUT2D eigenvalue weighted by atomic mass is 10.1. The topological polar surface area (TPSA) is 68.1 Å². The van der Waals surface area contributed by atoms with E-state index in [-0.39, 0.29) is 11.2 Å². The molecular weight excluding hydrogens is 384 g/mol. The number of hydrogen-bond acceptors (Lipinski definition) is 5. The number of benzene rings is 1. The Bertz CT molecular complexity index is 681. The van der Waals surface area contributed by atoms with E-state index in [0.717, 1.165) is 21.7 Å². The van der Waals surface area contributed by atoms with Crippen LogP contribution in [-0.4, -0.2) is 55.5 Å². The van der Waals surface area contributed by atoms with E-state index in [2.05, 4.69) is 15.9 Å². The van der Waals surface area contributed by atoms with E-state index in [0.29, 0.717) is 24.5 Å². The fourth-order valence-electron chi connectivity index (χ4n) is 2.88. The van der Waals surface area contributed by atoms with Gasteiger partial charge in [-0.2, -0.15) is 0 Å². The highest BCUT2D eigenvalue weighted by atomic mass is 79.9. The summed E-state index contributed by atoms with van der Waals surface area (Å²) in [5.74, 6) is -0.407. The number of thioether (sulfide) groups is 1. The standard InChI is InChI=1S/C15H15BrN2O4S/c1-22-15(21)11-7-17(5-6-23-11)8-18-12-9(13(19)14(18)20)3-2-4-10(12)16/h2-4,11H,5-8H2,1H3/p+1/t11-/m1/s1. The molecule has 1 saturated heterocycles. The smallest absolute Gasteiger partial charge is 0.324 e. The lowest BCUT2D eigenvalue weighted by Crippen LogP contribution is -3.16. The predicted molar refractivity (Wildman–Crippen MR) is 89.8 cm³/mol. The van der Waals surface area contributed by atoms with Gasteiger partial charge in [-0.05, 0) is 28.1 Å². The Balaban J connectivity index is 1.80. The molecular formula is C15H16BrN2O4S+. The molecule has 0 spiro atoms. The number of methoxy groups -OCH3 is 1. The number of amides is 1. The van der Waals surface area contributed by atoms with Crippen LogP contribution in [0, 0.1) is 0 Å². The Morgan fingerprint density at radius 1 is 1.48 bits per heavy atom. The average Bonchev–Trinajstić information content (AvgIpc) is 2.81. The number of fused-ring (bicyclic) bond motifs is 1. The van der Waals surface area contributed by atoms with E-state index >= 15 is 0 Å². The number of nitrogens with zero attached hydrogens (tertiary/aromatic N) is 1. The summed E-state index contributed by atoms with van der Waals surface area (Å²) in [5, 5.41) is -0.226. The van der Waals surface area contributed by atoms with Gasteiger partial charge in [-0.1, -0.05) is 6.07 Å². The van der Waals surface area contributed by atoms with Crippen LogP contribution in [0.3, 0.4) is 0 Å². The van der Waals surface area contributed by atoms with Gasteiger partial charge >= 0.3 is 11.9 Å². The van der Waals surface area contributed by atoms with Gasteiger partial charge in [0.05, 0.1) is 24.9 Å². The Morgan fingerprint density at radius 3 is 3.00 bits per heavy atom. The zero-order valence-corrected chi connectivity index (χ0v) is 14.9. The number of ketones is 1. The Hall–Kier alpha value is -1.38. The lowest BCUT2D eigenvalue weighted by molar-refractivity contribution is -0.896. The van der Waals surface area contributed by atoms with E-state index in [4.69, 9.17) is 4.74 Å². The van der Waals surface area contributed by atoms with Gasteiger partial charge < -0.3 is 9.64 Å². The molecule has 0 saturated carbocycles. The molecule has 1 fully saturated rings. The fourth-order valence-corrected chi connectivity index (χ4v) is 4.74. The minimum atomic E-state index is -0.507. The maximum Gasteiger partial charge on any atom is 0.324 e. The molecule has 3 rings (SSSR count). The van der Waals surface area contributed by atoms with Crippen LogP contribution in [0.5, 0.6) is 0 Å². The van der Waals surface area contributed by atoms with Crippen molar-refractivity contribution >= 4 is 51.0 Å². The maximum atomic E-state index is 12.3. The van der Waals surface area contributed by atoms with Crippen LogP contribution in [0.2, 0.25) is 0 Å². The molecule has 6 nitrogen and oxygen atoms in total. The van der Waals surface area contributed by atoms with Crippen LogP contribution >= 0.6 is 27.7 Å². The lowest BCUT2D eigenvalue weighted by Gasteiger charge is -2.31. The monoisotopic (exact) mass is 399 g/mol. The summed E-state index contributed by atoms with van der Waals surface area (Å²) >= 11 is 4.99. The van der Waals surface area contributed by atoms with E-state index in [9.17, 15) is 14.4 Å². The van der Waals surface area contributed by atoms with Gasteiger partial charge in [-0.25, -0.2) is 0 Å². The van der Waals surface area contributed by atoms with Crippen LogP contribution in [0.4, 0.5) is 5.69 Å². The van der Waals surface area contributed by atoms with Gasteiger partial charge in [0.1, 0.15) is 6.54 Å². The summed E-state index contributed by atoms with van der Waals surface area (Å²) in [6.07, 6.45) is 0. The second-order valence-electron chi connectivity index (χ2n) is 5.44. The quantitative estimate of drug-likeness (QED) is 0.577. The average molecular weight is 400 g/mol. The highest BCUT2D eigenvalue weighted by molar-refractivity contribution is 9.10. The fraction of sp³-hybridized carbons (Fsp3) is 0.400. The highest BCUT2D eigenvalue weighted by Crippen LogP contribution is 2.35. The molecule has 0 bridgehead atoms. The number of rotatable bonds is 3. The third-order valence-corrected chi connectivity index (χ3v) is 5.88. The summed E-state index contributed by atoms with van der Waals surface area (Å²) in [6, 6.07) is 5.23. The van der Waals surface area contributed by atoms with Crippen LogP contribution in [0.1, 0.15) is 10.4 Å². The third-order valence-electron chi connectivity index (χ3n) is 4.04. The molecule has 1 unspecified atom stereocenters. The van der Waals surface area contributed by atoms with Gasteiger partial charge in [0.25, 0.3) is 5.78 Å². The molecule has 0 radical (unpaired) electrons. The van der Waals surface area contributed by atoms with Crippen molar-refractivity contribution in [1.82, 2.24) is 0 Å². The zero-order chi connectivity index (χ0) is 16.6. The molecule has 122 valence electrons. The molecule has 2 aliphatic heterocycles. The second kappa shape index (κ2) is 6.62. The SMILES string of the molecule is COC(=O)[C@H]1C[NH+](CN2C(=O)C(=O)c3cccc(Br)c32)CCS1. The number of halogens is 1. The minimum absolute atomic E-state index is 0.226. The third kappa shape index (κ3) is 3.02. The first kappa shape index (κ1) is 16.5. The predicted octanol–water partition coefficient (Wildman–Crippen LogP) is 0.109. The Labute approximate surface area is 146 Å². The van der Waals surface area contributed by atoms with Crippen molar-refractivity contribution in [2.24, 2.45) is 0 Å². The molecule has 0 aliphatic carbocycles. The largest absolute Gasteiger partial charge is 0.468 e. The molecule has 23 heavy (non-hydrogen) atoms. The minimum Gasteiger partial charge on any atom is -0.468 e. The first-order valence-corrected chi connectivity index (χ1v) is 9.04. The number of carbonyl (C=O) groups excluding carboxylic acids is 3. The van der Waals surface area contributed by atoms with E-state index < -0.39 is 11.7 Å². The molecule has 1 aromatic carbocycles. The van der Waals surface area contributed by atoms with Crippen molar-refractivity contribution in [1.29, 1.82) is 0 Å². The molecule has 2 aliphatic rings. The summed E-state index contributed by atoms with van der Waals surface area (Å²) < 4.78 is 5.53. The molecule has 1 amide bonds. The molecule has 1 aromatic rings. The zero-order valence-electron chi connectivity index (χ0n) is 12.5. The molecule has 2 heterocycles. The van der Waals surface area contributed by atoms with E-state index in [1.165, 1.54) is 12.0 Å². The molecule has 1 N–H and O–H groups in total. The molecule has 0 aromatic heterocycles. The van der Waals surface area contributed by atoms with Gasteiger partial charge in [0, 0.05) is 10.2 Å². The summed E-state index contributed by atoms with van der Waals surface area (Å²) in [4.78, 5) is 38.7. The van der Waals surface area contributed by atoms with Gasteiger partial charge in [-0.3, -0.25) is 19.3 Å². The van der Waals surface area contributed by atoms with Crippen molar-refractivity contribution in [2.75, 3.05) is 37.5 Å². The normalized spacial score (nSPS) is 23.8. The van der Waals surface area contributed by atoms with Crippen molar-refractivity contribution in [3.63, 3.8) is 0 Å². The Morgan fingerprint density at radius 2 is 2.26 bits per heavy atom. The Kier molecular flexibility index (Phi) is 4.74. The van der Waals surface area contributed by atoms with Gasteiger partial charge in [0.15, 0.2) is 11.9 Å².